The Bertz CT molecular complexity index is 1650. The summed E-state index contributed by atoms with van der Waals surface area (Å²) < 4.78 is 32.5. The molecule has 12 heteroatoms. The van der Waals surface area contributed by atoms with E-state index in [1.807, 2.05) is 75.4 Å². The van der Waals surface area contributed by atoms with Crippen LogP contribution >= 0.6 is 0 Å². The van der Waals surface area contributed by atoms with E-state index in [0.29, 0.717) is 18.7 Å². The number of benzene rings is 3. The van der Waals surface area contributed by atoms with E-state index in [1.54, 1.807) is 14.0 Å². The highest BCUT2D eigenvalue weighted by molar-refractivity contribution is 7.92. The Hall–Kier alpha value is -4.42. The van der Waals surface area contributed by atoms with Crippen molar-refractivity contribution in [3.63, 3.8) is 0 Å². The van der Waals surface area contributed by atoms with Crippen LogP contribution in [0.3, 0.4) is 0 Å². The second-order valence-electron chi connectivity index (χ2n) is 12.4. The summed E-state index contributed by atoms with van der Waals surface area (Å²) in [4.78, 5) is 39.9. The van der Waals surface area contributed by atoms with Crippen LogP contribution in [0.15, 0.2) is 72.8 Å². The smallest absolute Gasteiger partial charge is 0.251 e. The van der Waals surface area contributed by atoms with Crippen LogP contribution in [0.5, 0.6) is 5.75 Å². The summed E-state index contributed by atoms with van der Waals surface area (Å²) in [6.07, 6.45) is -0.567. The molecule has 11 nitrogen and oxygen atoms in total. The van der Waals surface area contributed by atoms with Gasteiger partial charge in [0.2, 0.25) is 15.9 Å². The standard InChI is InChI=1S/C36H48N4O7S/c1-7-48(45,46)40-30-20-28(35(43)38-25(5)27-13-9-8-10-14-27)19-29(21-30)36(44)39-32(16-23(2)3)33(41)17-24(4)34(42)37-22-26-12-11-15-31(18-26)47-6/h8-15,18-21,23-25,32-33,40-41H,7,16-17,22H2,1-6H3,(H,37,42)(H,38,43)(H,39,44). The maximum atomic E-state index is 13.7. The molecule has 0 spiro atoms. The highest BCUT2D eigenvalue weighted by atomic mass is 32.2. The Balaban J connectivity index is 1.78. The minimum atomic E-state index is -3.72. The van der Waals surface area contributed by atoms with Gasteiger partial charge in [-0.15, -0.1) is 0 Å². The zero-order valence-electron chi connectivity index (χ0n) is 28.4. The van der Waals surface area contributed by atoms with Crippen molar-refractivity contribution in [3.8, 4) is 5.75 Å². The number of hydrogen-bond acceptors (Lipinski definition) is 7. The molecule has 0 fully saturated rings. The Morgan fingerprint density at radius 3 is 2.08 bits per heavy atom. The molecule has 3 rings (SSSR count). The summed E-state index contributed by atoms with van der Waals surface area (Å²) in [7, 11) is -2.15. The summed E-state index contributed by atoms with van der Waals surface area (Å²) >= 11 is 0. The lowest BCUT2D eigenvalue weighted by atomic mass is 9.92. The van der Waals surface area contributed by atoms with E-state index in [0.717, 1.165) is 11.1 Å². The van der Waals surface area contributed by atoms with Crippen molar-refractivity contribution in [1.29, 1.82) is 0 Å². The van der Waals surface area contributed by atoms with E-state index in [-0.39, 0.29) is 46.9 Å². The molecule has 3 aromatic carbocycles. The second-order valence-corrected chi connectivity index (χ2v) is 14.4. The van der Waals surface area contributed by atoms with Crippen LogP contribution in [0, 0.1) is 11.8 Å². The van der Waals surface area contributed by atoms with Gasteiger partial charge in [0.15, 0.2) is 0 Å². The first-order valence-electron chi connectivity index (χ1n) is 16.1. The quantitative estimate of drug-likeness (QED) is 0.137. The lowest BCUT2D eigenvalue weighted by Crippen LogP contribution is -2.46. The Kier molecular flexibility index (Phi) is 14.0. The predicted octanol–water partition coefficient (Wildman–Crippen LogP) is 4.80. The largest absolute Gasteiger partial charge is 0.497 e. The predicted molar refractivity (Wildman–Crippen MR) is 187 cm³/mol. The third-order valence-corrected chi connectivity index (χ3v) is 9.21. The third kappa shape index (κ3) is 11.7. The van der Waals surface area contributed by atoms with Crippen molar-refractivity contribution < 1.29 is 32.6 Å². The molecular formula is C36H48N4O7S. The average Bonchev–Trinajstić information content (AvgIpc) is 3.06. The third-order valence-electron chi connectivity index (χ3n) is 7.91. The molecule has 260 valence electrons. The van der Waals surface area contributed by atoms with Gasteiger partial charge in [-0.25, -0.2) is 8.42 Å². The number of aliphatic hydroxyl groups is 1. The lowest BCUT2D eigenvalue weighted by molar-refractivity contribution is -0.125. The summed E-state index contributed by atoms with van der Waals surface area (Å²) in [5.74, 6) is -1.34. The molecule has 0 radical (unpaired) electrons. The van der Waals surface area contributed by atoms with Gasteiger partial charge in [0, 0.05) is 23.6 Å². The number of amides is 3. The molecular weight excluding hydrogens is 632 g/mol. The molecule has 3 amide bonds. The average molecular weight is 681 g/mol. The van der Waals surface area contributed by atoms with Gasteiger partial charge >= 0.3 is 0 Å². The number of aliphatic hydroxyl groups excluding tert-OH is 1. The summed E-state index contributed by atoms with van der Waals surface area (Å²) in [6, 6.07) is 19.7. The van der Waals surface area contributed by atoms with Crippen molar-refractivity contribution in [2.75, 3.05) is 17.6 Å². The highest BCUT2D eigenvalue weighted by Gasteiger charge is 2.28. The Morgan fingerprint density at radius 2 is 1.48 bits per heavy atom. The Labute approximate surface area is 283 Å². The van der Waals surface area contributed by atoms with Crippen LogP contribution in [0.4, 0.5) is 5.69 Å². The Morgan fingerprint density at radius 1 is 0.833 bits per heavy atom. The number of carbonyl (C=O) groups excluding carboxylic acids is 3. The molecule has 0 aromatic heterocycles. The fraction of sp³-hybridized carbons (Fsp3) is 0.417. The van der Waals surface area contributed by atoms with Crippen LogP contribution < -0.4 is 25.4 Å². The van der Waals surface area contributed by atoms with E-state index in [1.165, 1.54) is 25.1 Å². The van der Waals surface area contributed by atoms with Gasteiger partial charge in [-0.05, 0) is 74.1 Å². The number of carbonyl (C=O) groups is 3. The fourth-order valence-corrected chi connectivity index (χ4v) is 5.78. The summed E-state index contributed by atoms with van der Waals surface area (Å²) in [5, 5.41) is 19.9. The van der Waals surface area contributed by atoms with Gasteiger partial charge in [0.25, 0.3) is 11.8 Å². The van der Waals surface area contributed by atoms with Crippen LogP contribution in [0.1, 0.15) is 85.3 Å². The molecule has 0 heterocycles. The number of rotatable bonds is 17. The number of sulfonamides is 1. The minimum Gasteiger partial charge on any atom is -0.497 e. The van der Waals surface area contributed by atoms with Crippen LogP contribution in [-0.4, -0.2) is 56.3 Å². The van der Waals surface area contributed by atoms with Crippen molar-refractivity contribution in [2.24, 2.45) is 11.8 Å². The first-order chi connectivity index (χ1) is 22.7. The first-order valence-corrected chi connectivity index (χ1v) is 17.8. The van der Waals surface area contributed by atoms with Gasteiger partial charge < -0.3 is 25.8 Å². The molecule has 0 aliphatic carbocycles. The molecule has 0 aliphatic rings. The van der Waals surface area contributed by atoms with Crippen LogP contribution in [0.25, 0.3) is 0 Å². The van der Waals surface area contributed by atoms with E-state index in [2.05, 4.69) is 20.7 Å². The van der Waals surface area contributed by atoms with Crippen molar-refractivity contribution >= 4 is 33.4 Å². The SMILES string of the molecule is CCS(=O)(=O)Nc1cc(C(=O)NC(C)c2ccccc2)cc(C(=O)NC(CC(C)C)C(O)CC(C)C(=O)NCc2cccc(OC)c2)c1. The minimum absolute atomic E-state index is 0.0360. The van der Waals surface area contributed by atoms with Crippen molar-refractivity contribution in [1.82, 2.24) is 16.0 Å². The molecule has 0 aliphatic heterocycles. The van der Waals surface area contributed by atoms with Crippen molar-refractivity contribution in [3.05, 3.63) is 95.1 Å². The molecule has 3 aromatic rings. The van der Waals surface area contributed by atoms with E-state index < -0.39 is 39.9 Å². The highest BCUT2D eigenvalue weighted by Crippen LogP contribution is 2.21. The maximum absolute atomic E-state index is 13.7. The molecule has 5 N–H and O–H groups in total. The molecule has 48 heavy (non-hydrogen) atoms. The van der Waals surface area contributed by atoms with Gasteiger partial charge in [-0.1, -0.05) is 63.2 Å². The first kappa shape index (κ1) is 38.0. The number of anilines is 1. The molecule has 0 saturated heterocycles. The zero-order valence-corrected chi connectivity index (χ0v) is 29.3. The normalized spacial score (nSPS) is 13.9. The van der Waals surface area contributed by atoms with Crippen LogP contribution in [0.2, 0.25) is 0 Å². The number of hydrogen-bond donors (Lipinski definition) is 5. The summed E-state index contributed by atoms with van der Waals surface area (Å²) in [5.41, 5.74) is 1.92. The van der Waals surface area contributed by atoms with Gasteiger partial charge in [-0.2, -0.15) is 0 Å². The fourth-order valence-electron chi connectivity index (χ4n) is 5.16. The summed E-state index contributed by atoms with van der Waals surface area (Å²) in [6.45, 7) is 9.21. The lowest BCUT2D eigenvalue weighted by Gasteiger charge is -2.27. The number of ether oxygens (including phenoxy) is 1. The van der Waals surface area contributed by atoms with E-state index in [9.17, 15) is 27.9 Å². The topological polar surface area (TPSA) is 163 Å². The maximum Gasteiger partial charge on any atom is 0.251 e. The van der Waals surface area contributed by atoms with Gasteiger partial charge in [0.05, 0.1) is 36.7 Å². The van der Waals surface area contributed by atoms with Gasteiger partial charge in [-0.3, -0.25) is 19.1 Å². The monoisotopic (exact) mass is 680 g/mol. The second kappa shape index (κ2) is 17.7. The molecule has 0 saturated carbocycles. The zero-order chi connectivity index (χ0) is 35.4. The van der Waals surface area contributed by atoms with Gasteiger partial charge in [0.1, 0.15) is 5.75 Å². The van der Waals surface area contributed by atoms with E-state index in [4.69, 9.17) is 4.74 Å². The van der Waals surface area contributed by atoms with Crippen LogP contribution in [-0.2, 0) is 21.4 Å². The van der Waals surface area contributed by atoms with E-state index >= 15 is 0 Å². The molecule has 4 atom stereocenters. The molecule has 4 unspecified atom stereocenters. The molecule has 0 bridgehead atoms. The van der Waals surface area contributed by atoms with Crippen molar-refractivity contribution in [2.45, 2.75) is 72.2 Å². The number of methoxy groups -OCH3 is 1. The number of nitrogens with one attached hydrogen (secondary N) is 4.